The van der Waals surface area contributed by atoms with Gasteiger partial charge in [0.05, 0.1) is 0 Å². The number of nitrogens with zero attached hydrogens (tertiary/aromatic N) is 1. The quantitative estimate of drug-likeness (QED) is 0.816. The first-order valence-corrected chi connectivity index (χ1v) is 5.97. The van der Waals surface area contributed by atoms with Crippen molar-refractivity contribution in [2.75, 3.05) is 13.1 Å². The SMILES string of the molecule is O=C(CCC1CCNC1)Cc1ccccn1. The van der Waals surface area contributed by atoms with Crippen molar-refractivity contribution in [1.29, 1.82) is 0 Å². The summed E-state index contributed by atoms with van der Waals surface area (Å²) >= 11 is 0. The maximum atomic E-state index is 11.7. The number of carbonyl (C=O) groups is 1. The van der Waals surface area contributed by atoms with Gasteiger partial charge >= 0.3 is 0 Å². The van der Waals surface area contributed by atoms with Crippen LogP contribution in [0.3, 0.4) is 0 Å². The molecule has 1 saturated heterocycles. The summed E-state index contributed by atoms with van der Waals surface area (Å²) in [5.41, 5.74) is 0.886. The van der Waals surface area contributed by atoms with E-state index >= 15 is 0 Å². The van der Waals surface area contributed by atoms with E-state index in [1.54, 1.807) is 6.20 Å². The summed E-state index contributed by atoms with van der Waals surface area (Å²) in [6, 6.07) is 5.71. The third kappa shape index (κ3) is 3.42. The highest BCUT2D eigenvalue weighted by atomic mass is 16.1. The van der Waals surface area contributed by atoms with E-state index in [0.717, 1.165) is 25.2 Å². The maximum Gasteiger partial charge on any atom is 0.138 e. The lowest BCUT2D eigenvalue weighted by molar-refractivity contribution is -0.118. The zero-order valence-electron chi connectivity index (χ0n) is 9.48. The molecule has 1 unspecified atom stereocenters. The molecule has 1 fully saturated rings. The van der Waals surface area contributed by atoms with Gasteiger partial charge in [-0.1, -0.05) is 6.07 Å². The van der Waals surface area contributed by atoms with E-state index in [0.29, 0.717) is 24.5 Å². The Labute approximate surface area is 96.3 Å². The molecular weight excluding hydrogens is 200 g/mol. The summed E-state index contributed by atoms with van der Waals surface area (Å²) in [5.74, 6) is 1.01. The van der Waals surface area contributed by atoms with Gasteiger partial charge in [0.25, 0.3) is 0 Å². The Morgan fingerprint density at radius 2 is 2.44 bits per heavy atom. The first-order chi connectivity index (χ1) is 7.84. The van der Waals surface area contributed by atoms with Crippen molar-refractivity contribution in [3.63, 3.8) is 0 Å². The molecule has 1 atom stereocenters. The average molecular weight is 218 g/mol. The molecule has 16 heavy (non-hydrogen) atoms. The van der Waals surface area contributed by atoms with Crippen LogP contribution in [0.25, 0.3) is 0 Å². The maximum absolute atomic E-state index is 11.7. The van der Waals surface area contributed by atoms with Gasteiger partial charge in [0.1, 0.15) is 5.78 Å². The Balaban J connectivity index is 1.72. The summed E-state index contributed by atoms with van der Waals surface area (Å²) in [6.45, 7) is 2.19. The van der Waals surface area contributed by atoms with Gasteiger partial charge in [0, 0.05) is 24.7 Å². The Kier molecular flexibility index (Phi) is 4.05. The molecule has 1 aliphatic rings. The van der Waals surface area contributed by atoms with Crippen LogP contribution in [0.15, 0.2) is 24.4 Å². The lowest BCUT2D eigenvalue weighted by Gasteiger charge is -2.06. The van der Waals surface area contributed by atoms with Crippen molar-refractivity contribution in [3.05, 3.63) is 30.1 Å². The van der Waals surface area contributed by atoms with Crippen molar-refractivity contribution < 1.29 is 4.79 Å². The second-order valence-electron chi connectivity index (χ2n) is 4.43. The number of carbonyl (C=O) groups excluding carboxylic acids is 1. The first-order valence-electron chi connectivity index (χ1n) is 5.97. The third-order valence-corrected chi connectivity index (χ3v) is 3.10. The van der Waals surface area contributed by atoms with Crippen LogP contribution < -0.4 is 5.32 Å². The molecule has 0 aliphatic carbocycles. The van der Waals surface area contributed by atoms with Crippen LogP contribution in [0.1, 0.15) is 25.0 Å². The normalized spacial score (nSPS) is 19.9. The average Bonchev–Trinajstić information content (AvgIpc) is 2.81. The molecule has 0 spiro atoms. The summed E-state index contributed by atoms with van der Waals surface area (Å²) in [4.78, 5) is 15.9. The van der Waals surface area contributed by atoms with Gasteiger partial charge in [-0.2, -0.15) is 0 Å². The molecule has 1 aliphatic heterocycles. The number of rotatable bonds is 5. The van der Waals surface area contributed by atoms with Crippen molar-refractivity contribution in [3.8, 4) is 0 Å². The number of hydrogen-bond donors (Lipinski definition) is 1. The van der Waals surface area contributed by atoms with E-state index < -0.39 is 0 Å². The second-order valence-corrected chi connectivity index (χ2v) is 4.43. The van der Waals surface area contributed by atoms with Crippen molar-refractivity contribution in [2.45, 2.75) is 25.7 Å². The van der Waals surface area contributed by atoms with Crippen molar-refractivity contribution >= 4 is 5.78 Å². The van der Waals surface area contributed by atoms with Gasteiger partial charge in [-0.15, -0.1) is 0 Å². The van der Waals surface area contributed by atoms with Crippen LogP contribution in [0.5, 0.6) is 0 Å². The summed E-state index contributed by atoms with van der Waals surface area (Å²) < 4.78 is 0. The summed E-state index contributed by atoms with van der Waals surface area (Å²) in [5, 5.41) is 3.32. The molecule has 0 bridgehead atoms. The molecule has 0 saturated carbocycles. The van der Waals surface area contributed by atoms with E-state index in [2.05, 4.69) is 10.3 Å². The Bertz CT molecular complexity index is 331. The van der Waals surface area contributed by atoms with Crippen molar-refractivity contribution in [2.24, 2.45) is 5.92 Å². The van der Waals surface area contributed by atoms with E-state index in [1.165, 1.54) is 6.42 Å². The number of hydrogen-bond acceptors (Lipinski definition) is 3. The Morgan fingerprint density at radius 1 is 1.50 bits per heavy atom. The number of ketones is 1. The molecule has 2 heterocycles. The minimum absolute atomic E-state index is 0.311. The molecule has 3 heteroatoms. The topological polar surface area (TPSA) is 42.0 Å². The van der Waals surface area contributed by atoms with Crippen LogP contribution in [0.4, 0.5) is 0 Å². The highest BCUT2D eigenvalue weighted by Crippen LogP contribution is 2.15. The van der Waals surface area contributed by atoms with Crippen LogP contribution in [-0.4, -0.2) is 23.9 Å². The fourth-order valence-electron chi connectivity index (χ4n) is 2.12. The van der Waals surface area contributed by atoms with Gasteiger partial charge in [-0.3, -0.25) is 9.78 Å². The predicted molar refractivity (Wildman–Crippen MR) is 63.2 cm³/mol. The van der Waals surface area contributed by atoms with Crippen LogP contribution >= 0.6 is 0 Å². The lowest BCUT2D eigenvalue weighted by atomic mass is 9.99. The molecule has 1 aromatic heterocycles. The summed E-state index contributed by atoms with van der Waals surface area (Å²) in [7, 11) is 0. The smallest absolute Gasteiger partial charge is 0.138 e. The molecule has 0 radical (unpaired) electrons. The molecule has 1 aromatic rings. The van der Waals surface area contributed by atoms with Crippen LogP contribution in [0, 0.1) is 5.92 Å². The number of aromatic nitrogens is 1. The minimum Gasteiger partial charge on any atom is -0.316 e. The highest BCUT2D eigenvalue weighted by molar-refractivity contribution is 5.80. The fraction of sp³-hybridized carbons (Fsp3) is 0.538. The number of nitrogens with one attached hydrogen (secondary N) is 1. The van der Waals surface area contributed by atoms with E-state index in [4.69, 9.17) is 0 Å². The van der Waals surface area contributed by atoms with E-state index in [1.807, 2.05) is 18.2 Å². The van der Waals surface area contributed by atoms with Crippen molar-refractivity contribution in [1.82, 2.24) is 10.3 Å². The fourth-order valence-corrected chi connectivity index (χ4v) is 2.12. The first kappa shape index (κ1) is 11.3. The van der Waals surface area contributed by atoms with Gasteiger partial charge in [-0.05, 0) is 44.0 Å². The molecule has 1 N–H and O–H groups in total. The van der Waals surface area contributed by atoms with E-state index in [-0.39, 0.29) is 0 Å². The third-order valence-electron chi connectivity index (χ3n) is 3.10. The monoisotopic (exact) mass is 218 g/mol. The molecular formula is C13H18N2O. The van der Waals surface area contributed by atoms with Gasteiger partial charge < -0.3 is 5.32 Å². The van der Waals surface area contributed by atoms with Crippen LogP contribution in [-0.2, 0) is 11.2 Å². The Hall–Kier alpha value is -1.22. The molecule has 0 aromatic carbocycles. The summed E-state index contributed by atoms with van der Waals surface area (Å²) in [6.07, 6.45) is 5.17. The predicted octanol–water partition coefficient (Wildman–Crippen LogP) is 1.58. The second kappa shape index (κ2) is 5.75. The van der Waals surface area contributed by atoms with Gasteiger partial charge in [0.2, 0.25) is 0 Å². The highest BCUT2D eigenvalue weighted by Gasteiger charge is 2.15. The standard InChI is InChI=1S/C13H18N2O/c16-13(5-4-11-6-8-14-10-11)9-12-3-1-2-7-15-12/h1-3,7,11,14H,4-6,8-10H2. The van der Waals surface area contributed by atoms with E-state index in [9.17, 15) is 4.79 Å². The van der Waals surface area contributed by atoms with Crippen LogP contribution in [0.2, 0.25) is 0 Å². The zero-order chi connectivity index (χ0) is 11.2. The Morgan fingerprint density at radius 3 is 3.12 bits per heavy atom. The largest absolute Gasteiger partial charge is 0.316 e. The molecule has 0 amide bonds. The van der Waals surface area contributed by atoms with Gasteiger partial charge in [0.15, 0.2) is 0 Å². The lowest BCUT2D eigenvalue weighted by Crippen LogP contribution is -2.11. The minimum atomic E-state index is 0.311. The molecule has 86 valence electrons. The van der Waals surface area contributed by atoms with Gasteiger partial charge in [-0.25, -0.2) is 0 Å². The number of pyridine rings is 1. The number of Topliss-reactive ketones (excluding diaryl/α,β-unsaturated/α-hetero) is 1. The molecule has 3 nitrogen and oxygen atoms in total. The zero-order valence-corrected chi connectivity index (χ0v) is 9.48. The molecule has 2 rings (SSSR count).